The van der Waals surface area contributed by atoms with Crippen LogP contribution in [0.4, 0.5) is 5.69 Å². The molecule has 0 aliphatic rings. The Bertz CT molecular complexity index is 1100. The van der Waals surface area contributed by atoms with Crippen LogP contribution in [0.25, 0.3) is 5.70 Å². The van der Waals surface area contributed by atoms with Crippen molar-refractivity contribution in [2.45, 2.75) is 24.5 Å². The number of nitriles is 1. The fourth-order valence-electron chi connectivity index (χ4n) is 2.67. The van der Waals surface area contributed by atoms with Crippen LogP contribution in [-0.2, 0) is 14.8 Å². The number of sulfonamides is 1. The van der Waals surface area contributed by atoms with Gasteiger partial charge in [0.05, 0.1) is 17.7 Å². The number of anilines is 1. The number of allylic oxidation sites excluding steroid dienone is 1. The molecule has 0 aliphatic carbocycles. The van der Waals surface area contributed by atoms with Gasteiger partial charge in [-0.1, -0.05) is 0 Å². The Labute approximate surface area is 175 Å². The zero-order valence-corrected chi connectivity index (χ0v) is 17.6. The van der Waals surface area contributed by atoms with Crippen LogP contribution in [0.15, 0.2) is 59.0 Å². The van der Waals surface area contributed by atoms with Crippen molar-refractivity contribution in [3.63, 3.8) is 0 Å². The predicted molar refractivity (Wildman–Crippen MR) is 113 cm³/mol. The maximum Gasteiger partial charge on any atom is 0.238 e. The molecule has 0 bridgehead atoms. The van der Waals surface area contributed by atoms with Gasteiger partial charge < -0.3 is 15.4 Å². The van der Waals surface area contributed by atoms with Crippen molar-refractivity contribution in [3.8, 4) is 11.8 Å². The number of hydrogen-bond donors (Lipinski definition) is 4. The zero-order chi connectivity index (χ0) is 22.5. The average molecular weight is 430 g/mol. The standard InChI is InChI=1S/C20H23N5O4S/c1-13(26)18(12-21)19(14-4-8-16(29-3)9-5-14)25-20(2,22)24-15-6-10-17(11-7-15)30(23,27)28/h4-11,24-25H,22H2,1-3H3,(H2,23,27,28)/b19-18-. The predicted octanol–water partition coefficient (Wildman–Crippen LogP) is 1.50. The SMILES string of the molecule is COc1ccc(/C(NC(C)(N)Nc2ccc(S(N)(=O)=O)cc2)=C(\C#N)C(C)=O)cc1. The first-order valence-electron chi connectivity index (χ1n) is 8.74. The number of methoxy groups -OCH3 is 1. The van der Waals surface area contributed by atoms with E-state index in [1.807, 2.05) is 6.07 Å². The summed E-state index contributed by atoms with van der Waals surface area (Å²) in [6, 6.07) is 14.4. The lowest BCUT2D eigenvalue weighted by molar-refractivity contribution is -0.113. The molecule has 0 spiro atoms. The van der Waals surface area contributed by atoms with Gasteiger partial charge in [0.2, 0.25) is 10.0 Å². The molecule has 10 heteroatoms. The van der Waals surface area contributed by atoms with Crippen molar-refractivity contribution in [3.05, 3.63) is 59.7 Å². The first-order chi connectivity index (χ1) is 14.0. The molecule has 0 fully saturated rings. The van der Waals surface area contributed by atoms with Gasteiger partial charge in [-0.25, -0.2) is 13.6 Å². The molecule has 0 aliphatic heterocycles. The van der Waals surface area contributed by atoms with Gasteiger partial charge in [0, 0.05) is 5.69 Å². The van der Waals surface area contributed by atoms with Crippen LogP contribution in [0.1, 0.15) is 19.4 Å². The third kappa shape index (κ3) is 5.81. The van der Waals surface area contributed by atoms with Gasteiger partial charge in [-0.3, -0.25) is 10.5 Å². The highest BCUT2D eigenvalue weighted by atomic mass is 32.2. The molecule has 9 nitrogen and oxygen atoms in total. The second-order valence-corrected chi connectivity index (χ2v) is 8.23. The number of benzene rings is 2. The van der Waals surface area contributed by atoms with Crippen molar-refractivity contribution < 1.29 is 17.9 Å². The fraction of sp³-hybridized carbons (Fsp3) is 0.200. The number of primary sulfonamides is 1. The minimum absolute atomic E-state index is 0.0399. The lowest BCUT2D eigenvalue weighted by atomic mass is 10.0. The largest absolute Gasteiger partial charge is 0.497 e. The van der Waals surface area contributed by atoms with E-state index in [0.29, 0.717) is 17.0 Å². The highest BCUT2D eigenvalue weighted by Gasteiger charge is 2.24. The van der Waals surface area contributed by atoms with Crippen LogP contribution in [0.5, 0.6) is 5.75 Å². The molecule has 0 heterocycles. The van der Waals surface area contributed by atoms with Crippen LogP contribution in [-0.4, -0.2) is 27.1 Å². The number of nitrogens with zero attached hydrogens (tertiary/aromatic N) is 1. The smallest absolute Gasteiger partial charge is 0.238 e. The van der Waals surface area contributed by atoms with E-state index in [1.54, 1.807) is 31.2 Å². The van der Waals surface area contributed by atoms with Crippen molar-refractivity contribution in [2.75, 3.05) is 12.4 Å². The Kier molecular flexibility index (Phi) is 6.84. The summed E-state index contributed by atoms with van der Waals surface area (Å²) in [6.07, 6.45) is 0. The number of ether oxygens (including phenoxy) is 1. The maximum absolute atomic E-state index is 12.0. The van der Waals surface area contributed by atoms with E-state index in [1.165, 1.54) is 38.3 Å². The van der Waals surface area contributed by atoms with E-state index >= 15 is 0 Å². The Balaban J connectivity index is 2.38. The van der Waals surface area contributed by atoms with E-state index in [2.05, 4.69) is 10.6 Å². The van der Waals surface area contributed by atoms with Gasteiger partial charge in [0.25, 0.3) is 0 Å². The molecule has 0 saturated carbocycles. The number of hydrogen-bond acceptors (Lipinski definition) is 8. The van der Waals surface area contributed by atoms with Crippen LogP contribution >= 0.6 is 0 Å². The Hall–Kier alpha value is -3.39. The summed E-state index contributed by atoms with van der Waals surface area (Å²) in [5.74, 6) is -1.12. The summed E-state index contributed by atoms with van der Waals surface area (Å²) in [5, 5.41) is 20.6. The molecule has 2 aromatic carbocycles. The van der Waals surface area contributed by atoms with Gasteiger partial charge in [0.1, 0.15) is 17.4 Å². The van der Waals surface area contributed by atoms with E-state index < -0.39 is 21.6 Å². The highest BCUT2D eigenvalue weighted by molar-refractivity contribution is 7.89. The summed E-state index contributed by atoms with van der Waals surface area (Å²) in [4.78, 5) is 12.0. The van der Waals surface area contributed by atoms with Crippen LogP contribution in [0.3, 0.4) is 0 Å². The van der Waals surface area contributed by atoms with Crippen LogP contribution in [0.2, 0.25) is 0 Å². The van der Waals surface area contributed by atoms with E-state index in [-0.39, 0.29) is 16.2 Å². The molecule has 1 atom stereocenters. The Morgan fingerprint density at radius 2 is 1.70 bits per heavy atom. The van der Waals surface area contributed by atoms with Gasteiger partial charge in [-0.05, 0) is 67.9 Å². The number of ketones is 1. The molecule has 158 valence electrons. The summed E-state index contributed by atoms with van der Waals surface area (Å²) in [7, 11) is -2.28. The number of Topliss-reactive ketones (excluding diaryl/α,β-unsaturated/α-hetero) is 1. The normalized spacial score (nSPS) is 14.0. The third-order valence-corrected chi connectivity index (χ3v) is 4.99. The quantitative estimate of drug-likeness (QED) is 0.279. The molecular weight excluding hydrogens is 406 g/mol. The number of carbonyl (C=O) groups excluding carboxylic acids is 1. The van der Waals surface area contributed by atoms with Crippen molar-refractivity contribution in [1.82, 2.24) is 5.32 Å². The highest BCUT2D eigenvalue weighted by Crippen LogP contribution is 2.23. The third-order valence-electron chi connectivity index (χ3n) is 4.06. The summed E-state index contributed by atoms with van der Waals surface area (Å²) in [6.45, 7) is 2.89. The van der Waals surface area contributed by atoms with Crippen LogP contribution < -0.4 is 26.2 Å². The van der Waals surface area contributed by atoms with E-state index in [9.17, 15) is 18.5 Å². The fourth-order valence-corrected chi connectivity index (χ4v) is 3.18. The van der Waals surface area contributed by atoms with Gasteiger partial charge >= 0.3 is 0 Å². The van der Waals surface area contributed by atoms with E-state index in [4.69, 9.17) is 15.6 Å². The number of nitrogens with two attached hydrogens (primary N) is 2. The van der Waals surface area contributed by atoms with Crippen molar-refractivity contribution >= 4 is 27.2 Å². The Morgan fingerprint density at radius 1 is 1.13 bits per heavy atom. The first-order valence-corrected chi connectivity index (χ1v) is 10.3. The number of rotatable bonds is 8. The number of carbonyl (C=O) groups is 1. The average Bonchev–Trinajstić information content (AvgIpc) is 2.67. The molecule has 30 heavy (non-hydrogen) atoms. The molecule has 0 aromatic heterocycles. The van der Waals surface area contributed by atoms with Gasteiger partial charge in [-0.15, -0.1) is 0 Å². The van der Waals surface area contributed by atoms with Gasteiger partial charge in [-0.2, -0.15) is 5.26 Å². The molecular formula is C20H23N5O4S. The lowest BCUT2D eigenvalue weighted by Gasteiger charge is -2.31. The molecule has 0 saturated heterocycles. The zero-order valence-electron chi connectivity index (χ0n) is 16.8. The minimum atomic E-state index is -3.81. The lowest BCUT2D eigenvalue weighted by Crippen LogP contribution is -2.56. The molecule has 6 N–H and O–H groups in total. The van der Waals surface area contributed by atoms with E-state index in [0.717, 1.165) is 0 Å². The summed E-state index contributed by atoms with van der Waals surface area (Å²) < 4.78 is 27.9. The molecule has 0 amide bonds. The molecule has 2 rings (SSSR count). The van der Waals surface area contributed by atoms with Gasteiger partial charge in [0.15, 0.2) is 11.6 Å². The molecule has 0 radical (unpaired) electrons. The summed E-state index contributed by atoms with van der Waals surface area (Å²) in [5.41, 5.74) is 7.52. The second kappa shape index (κ2) is 8.96. The number of nitrogens with one attached hydrogen (secondary N) is 2. The molecule has 1 unspecified atom stereocenters. The van der Waals surface area contributed by atoms with Crippen molar-refractivity contribution in [1.29, 1.82) is 5.26 Å². The first kappa shape index (κ1) is 22.9. The maximum atomic E-state index is 12.0. The minimum Gasteiger partial charge on any atom is -0.497 e. The van der Waals surface area contributed by atoms with Crippen molar-refractivity contribution in [2.24, 2.45) is 10.9 Å². The molecule has 2 aromatic rings. The van der Waals surface area contributed by atoms with Crippen LogP contribution in [0, 0.1) is 11.3 Å². The Morgan fingerprint density at radius 3 is 2.13 bits per heavy atom. The monoisotopic (exact) mass is 429 g/mol. The topological polar surface area (TPSA) is 160 Å². The second-order valence-electron chi connectivity index (χ2n) is 6.67. The summed E-state index contributed by atoms with van der Waals surface area (Å²) >= 11 is 0.